The van der Waals surface area contributed by atoms with Crippen LogP contribution in [0.5, 0.6) is 0 Å². The molecule has 0 aromatic rings. The Morgan fingerprint density at radius 1 is 1.60 bits per heavy atom. The van der Waals surface area contributed by atoms with Crippen LogP contribution in [0.1, 0.15) is 16.2 Å². The van der Waals surface area contributed by atoms with E-state index in [0.29, 0.717) is 6.42 Å². The second-order valence-electron chi connectivity index (χ2n) is 1.25. The average Bonchev–Trinajstić information content (AvgIpc) is 1.59. The van der Waals surface area contributed by atoms with E-state index in [1.54, 1.807) is 6.92 Å². The van der Waals surface area contributed by atoms with Gasteiger partial charge in [-0.2, -0.15) is 8.42 Å². The normalized spacial score (nSPS) is 9.40. The molecule has 0 spiro atoms. The summed E-state index contributed by atoms with van der Waals surface area (Å²) >= 11 is 0. The van der Waals surface area contributed by atoms with Crippen molar-refractivity contribution >= 4 is 33.5 Å². The summed E-state index contributed by atoms with van der Waals surface area (Å²) < 4.78 is 31.3. The largest absolute Gasteiger partial charge is 2.00 e. The molecule has 62 valence electrons. The van der Waals surface area contributed by atoms with Crippen molar-refractivity contribution in [3.8, 4) is 0 Å². The fraction of sp³-hybridized carbons (Fsp3) is 1.00. The quantitative estimate of drug-likeness (QED) is 0.460. The minimum absolute atomic E-state index is 0. The molecule has 0 saturated heterocycles. The van der Waals surface area contributed by atoms with E-state index in [0.717, 1.165) is 0 Å². The van der Waals surface area contributed by atoms with Crippen LogP contribution in [0.4, 0.5) is 0 Å². The Hall–Kier alpha value is 0.596. The van der Waals surface area contributed by atoms with Gasteiger partial charge in [0.25, 0.3) is 0 Å². The van der Waals surface area contributed by atoms with E-state index in [2.05, 4.69) is 4.18 Å². The van der Waals surface area contributed by atoms with Gasteiger partial charge in [-0.1, -0.05) is 6.92 Å². The molecule has 3 N–H and O–H groups in total. The minimum Gasteiger partial charge on any atom is -1.00 e. The predicted molar refractivity (Wildman–Crippen MR) is 39.4 cm³/mol. The van der Waals surface area contributed by atoms with Crippen LogP contribution in [0, 0.1) is 0 Å². The maximum absolute atomic E-state index is 9.72. The molecule has 10 heavy (non-hydrogen) atoms. The Morgan fingerprint density at radius 3 is 2.10 bits per heavy atom. The molecule has 0 fully saturated rings. The molecule has 0 rings (SSSR count). The van der Waals surface area contributed by atoms with E-state index in [1.807, 2.05) is 0 Å². The summed E-state index contributed by atoms with van der Waals surface area (Å²) in [6.07, 6.45) is 0.569. The molecule has 0 amide bonds. The van der Waals surface area contributed by atoms with Gasteiger partial charge in [0.05, 0.1) is 6.61 Å². The van der Waals surface area contributed by atoms with Crippen molar-refractivity contribution in [2.45, 2.75) is 13.3 Å². The summed E-state index contributed by atoms with van der Waals surface area (Å²) in [7, 11) is -4.19. The second-order valence-corrected chi connectivity index (χ2v) is 2.34. The maximum atomic E-state index is 9.72. The van der Waals surface area contributed by atoms with Crippen molar-refractivity contribution in [2.75, 3.05) is 6.61 Å². The van der Waals surface area contributed by atoms with Gasteiger partial charge >= 0.3 is 33.5 Å². The molecule has 0 atom stereocenters. The summed E-state index contributed by atoms with van der Waals surface area (Å²) in [6, 6.07) is 0. The van der Waals surface area contributed by atoms with Crippen LogP contribution in [-0.4, -0.2) is 48.1 Å². The van der Waals surface area contributed by atoms with Crippen LogP contribution in [0.25, 0.3) is 0 Å². The van der Waals surface area contributed by atoms with Gasteiger partial charge < -0.3 is 8.33 Å². The van der Waals surface area contributed by atoms with E-state index in [-0.39, 0.29) is 38.0 Å². The van der Waals surface area contributed by atoms with Crippen molar-refractivity contribution < 1.29 is 25.5 Å². The molecular weight excluding hydrogens is 172 g/mol. The van der Waals surface area contributed by atoms with Crippen molar-refractivity contribution in [2.24, 2.45) is 0 Å². The fourth-order valence-electron chi connectivity index (χ4n) is 0.189. The van der Waals surface area contributed by atoms with Crippen molar-refractivity contribution in [3.63, 3.8) is 0 Å². The third kappa shape index (κ3) is 15.8. The molecule has 0 bridgehead atoms. The first kappa shape index (κ1) is 16.9. The zero-order chi connectivity index (χ0) is 6.62. The third-order valence-electron chi connectivity index (χ3n) is 0.436. The molecule has 0 saturated carbocycles. The zero-order valence-electron chi connectivity index (χ0n) is 7.70. The molecule has 0 heterocycles. The molecule has 7 heteroatoms. The molecular formula is C3H12MgO5S. The topological polar surface area (TPSA) is 95.1 Å². The standard InChI is InChI=1S/C3H8O4S.Mg.H2O.2H/c1-2-3-7-8(4,5)6;;;;/h2-3H2,1H3,(H,4,5,6);;1H2;;/q;+2;;2*-1. The van der Waals surface area contributed by atoms with Gasteiger partial charge in [-0.3, -0.25) is 4.55 Å². The van der Waals surface area contributed by atoms with Crippen molar-refractivity contribution in [1.29, 1.82) is 0 Å². The van der Waals surface area contributed by atoms with Crippen LogP contribution < -0.4 is 0 Å². The molecule has 0 radical (unpaired) electrons. The Labute approximate surface area is 79.1 Å². The molecule has 0 aliphatic heterocycles. The average molecular weight is 184 g/mol. The predicted octanol–water partition coefficient (Wildman–Crippen LogP) is -0.765. The summed E-state index contributed by atoms with van der Waals surface area (Å²) in [5.41, 5.74) is 0. The Balaban J connectivity index is -0.0000000408. The first-order valence-electron chi connectivity index (χ1n) is 2.18. The van der Waals surface area contributed by atoms with Crippen LogP contribution in [-0.2, 0) is 14.6 Å². The number of rotatable bonds is 3. The van der Waals surface area contributed by atoms with Crippen LogP contribution >= 0.6 is 0 Å². The van der Waals surface area contributed by atoms with Gasteiger partial charge in [0, 0.05) is 0 Å². The van der Waals surface area contributed by atoms with E-state index in [4.69, 9.17) is 4.55 Å². The van der Waals surface area contributed by atoms with Gasteiger partial charge in [0.15, 0.2) is 0 Å². The Kier molecular flexibility index (Phi) is 13.0. The Bertz CT molecular complexity index is 149. The van der Waals surface area contributed by atoms with Gasteiger partial charge in [0.2, 0.25) is 0 Å². The van der Waals surface area contributed by atoms with Crippen molar-refractivity contribution in [1.82, 2.24) is 0 Å². The first-order chi connectivity index (χ1) is 3.56. The molecule has 0 aliphatic rings. The SMILES string of the molecule is CCCOS(=O)(=O)O.O.[H-].[H-].[Mg+2]. The second kappa shape index (κ2) is 7.70. The maximum Gasteiger partial charge on any atom is 2.00 e. The van der Waals surface area contributed by atoms with Gasteiger partial charge in [0.1, 0.15) is 0 Å². The monoisotopic (exact) mass is 184 g/mol. The van der Waals surface area contributed by atoms with Crippen LogP contribution in [0.2, 0.25) is 0 Å². The minimum atomic E-state index is -4.19. The Morgan fingerprint density at radius 2 is 2.00 bits per heavy atom. The molecule has 0 aliphatic carbocycles. The number of hydrogen-bond acceptors (Lipinski definition) is 3. The van der Waals surface area contributed by atoms with E-state index >= 15 is 0 Å². The summed E-state index contributed by atoms with van der Waals surface area (Å²) in [5, 5.41) is 0. The third-order valence-corrected chi connectivity index (χ3v) is 0.901. The smallest absolute Gasteiger partial charge is 1.00 e. The molecule has 0 aromatic heterocycles. The number of hydrogen-bond donors (Lipinski definition) is 1. The van der Waals surface area contributed by atoms with E-state index < -0.39 is 10.4 Å². The van der Waals surface area contributed by atoms with Gasteiger partial charge in [-0.15, -0.1) is 0 Å². The molecule has 0 aromatic carbocycles. The zero-order valence-corrected chi connectivity index (χ0v) is 7.93. The molecule has 0 unspecified atom stereocenters. The molecule has 5 nitrogen and oxygen atoms in total. The van der Waals surface area contributed by atoms with E-state index in [1.165, 1.54) is 0 Å². The summed E-state index contributed by atoms with van der Waals surface area (Å²) in [4.78, 5) is 0. The first-order valence-corrected chi connectivity index (χ1v) is 3.54. The van der Waals surface area contributed by atoms with E-state index in [9.17, 15) is 8.42 Å². The van der Waals surface area contributed by atoms with Gasteiger partial charge in [-0.25, -0.2) is 4.18 Å². The van der Waals surface area contributed by atoms with Crippen LogP contribution in [0.3, 0.4) is 0 Å². The summed E-state index contributed by atoms with van der Waals surface area (Å²) in [5.74, 6) is 0. The van der Waals surface area contributed by atoms with Crippen LogP contribution in [0.15, 0.2) is 0 Å². The fourth-order valence-corrected chi connectivity index (χ4v) is 0.566. The van der Waals surface area contributed by atoms with Gasteiger partial charge in [-0.05, 0) is 6.42 Å². The summed E-state index contributed by atoms with van der Waals surface area (Å²) in [6.45, 7) is 1.78. The van der Waals surface area contributed by atoms with Crippen molar-refractivity contribution in [3.05, 3.63) is 0 Å².